The molecule has 0 aromatic heterocycles. The molecule has 7 heteroatoms. The highest BCUT2D eigenvalue weighted by Gasteiger charge is 2.31. The van der Waals surface area contributed by atoms with Crippen molar-refractivity contribution in [1.29, 1.82) is 0 Å². The first-order valence-electron chi connectivity index (χ1n) is 9.54. The number of carbonyl (C=O) groups is 1. The Balaban J connectivity index is 1.45. The van der Waals surface area contributed by atoms with Gasteiger partial charge in [-0.2, -0.15) is 4.31 Å². The van der Waals surface area contributed by atoms with Crippen molar-refractivity contribution in [3.8, 4) is 5.75 Å². The van der Waals surface area contributed by atoms with E-state index in [9.17, 15) is 13.2 Å². The maximum Gasteiger partial charge on any atom is 0.254 e. The topological polar surface area (TPSA) is 66.9 Å². The number of hydrogen-bond donors (Lipinski definition) is 0. The van der Waals surface area contributed by atoms with Gasteiger partial charge in [-0.1, -0.05) is 12.1 Å². The lowest BCUT2D eigenvalue weighted by molar-refractivity contribution is 0.0697. The van der Waals surface area contributed by atoms with Crippen molar-refractivity contribution in [3.05, 3.63) is 59.2 Å². The standard InChI is InChI=1S/C21H24N2O4S/c1-27-19-7-3-6-18(14-19)21(24)22-10-12-23(13-11-22)28(25,26)20-9-8-16-4-2-5-17(16)15-20/h3,6-9,14-15H,2,4-5,10-13H2,1H3. The van der Waals surface area contributed by atoms with Gasteiger partial charge >= 0.3 is 0 Å². The number of nitrogens with zero attached hydrogens (tertiary/aromatic N) is 2. The zero-order chi connectivity index (χ0) is 19.7. The van der Waals surface area contributed by atoms with Gasteiger partial charge in [0.05, 0.1) is 12.0 Å². The van der Waals surface area contributed by atoms with E-state index in [1.807, 2.05) is 12.1 Å². The molecule has 0 bridgehead atoms. The lowest BCUT2D eigenvalue weighted by Gasteiger charge is -2.34. The molecule has 28 heavy (non-hydrogen) atoms. The van der Waals surface area contributed by atoms with Crippen LogP contribution < -0.4 is 4.74 Å². The first kappa shape index (κ1) is 19.0. The van der Waals surface area contributed by atoms with Crippen molar-refractivity contribution in [2.75, 3.05) is 33.3 Å². The van der Waals surface area contributed by atoms with Gasteiger partial charge in [0.25, 0.3) is 5.91 Å². The van der Waals surface area contributed by atoms with Crippen molar-refractivity contribution in [1.82, 2.24) is 9.21 Å². The molecule has 148 valence electrons. The quantitative estimate of drug-likeness (QED) is 0.790. The Morgan fingerprint density at radius 1 is 0.964 bits per heavy atom. The largest absolute Gasteiger partial charge is 0.497 e. The van der Waals surface area contributed by atoms with Crippen LogP contribution in [-0.2, 0) is 22.9 Å². The normalized spacial score (nSPS) is 17.4. The Bertz CT molecular complexity index is 995. The second kappa shape index (κ2) is 7.56. The van der Waals surface area contributed by atoms with Gasteiger partial charge in [0.2, 0.25) is 10.0 Å². The summed E-state index contributed by atoms with van der Waals surface area (Å²) in [6.45, 7) is 1.35. The second-order valence-corrected chi connectivity index (χ2v) is 9.15. The van der Waals surface area contributed by atoms with Crippen molar-refractivity contribution >= 4 is 15.9 Å². The van der Waals surface area contributed by atoms with Gasteiger partial charge < -0.3 is 9.64 Å². The molecule has 1 fully saturated rings. The van der Waals surface area contributed by atoms with Crippen LogP contribution >= 0.6 is 0 Å². The van der Waals surface area contributed by atoms with E-state index in [-0.39, 0.29) is 5.91 Å². The molecular formula is C21H24N2O4S. The summed E-state index contributed by atoms with van der Waals surface area (Å²) in [4.78, 5) is 14.8. The first-order valence-corrected chi connectivity index (χ1v) is 11.0. The van der Waals surface area contributed by atoms with Crippen LogP contribution in [0.1, 0.15) is 27.9 Å². The zero-order valence-corrected chi connectivity index (χ0v) is 16.7. The number of hydrogen-bond acceptors (Lipinski definition) is 4. The smallest absolute Gasteiger partial charge is 0.254 e. The predicted octanol–water partition coefficient (Wildman–Crippen LogP) is 2.33. The molecule has 1 aliphatic heterocycles. The molecule has 1 amide bonds. The van der Waals surface area contributed by atoms with Gasteiger partial charge in [-0.3, -0.25) is 4.79 Å². The van der Waals surface area contributed by atoms with Crippen LogP contribution in [0, 0.1) is 0 Å². The minimum absolute atomic E-state index is 0.103. The highest BCUT2D eigenvalue weighted by atomic mass is 32.2. The molecule has 0 N–H and O–H groups in total. The van der Waals surface area contributed by atoms with Crippen molar-refractivity contribution in [3.63, 3.8) is 0 Å². The van der Waals surface area contributed by atoms with Gasteiger partial charge in [-0.25, -0.2) is 8.42 Å². The third kappa shape index (κ3) is 3.52. The third-order valence-electron chi connectivity index (χ3n) is 5.55. The molecule has 6 nitrogen and oxygen atoms in total. The summed E-state index contributed by atoms with van der Waals surface area (Å²) in [6, 6.07) is 12.5. The van der Waals surface area contributed by atoms with E-state index in [2.05, 4.69) is 0 Å². The molecular weight excluding hydrogens is 376 g/mol. The highest BCUT2D eigenvalue weighted by Crippen LogP contribution is 2.27. The van der Waals surface area contributed by atoms with Gasteiger partial charge in [-0.05, 0) is 60.7 Å². The van der Waals surface area contributed by atoms with E-state index in [0.717, 1.165) is 24.8 Å². The Kier molecular flexibility index (Phi) is 5.12. The van der Waals surface area contributed by atoms with E-state index < -0.39 is 10.0 Å². The predicted molar refractivity (Wildman–Crippen MR) is 106 cm³/mol. The fourth-order valence-electron chi connectivity index (χ4n) is 3.93. The Morgan fingerprint density at radius 3 is 2.46 bits per heavy atom. The number of fused-ring (bicyclic) bond motifs is 1. The summed E-state index contributed by atoms with van der Waals surface area (Å²) < 4.78 is 32.7. The maximum absolute atomic E-state index is 13.0. The Labute approximate surface area is 165 Å². The molecule has 1 heterocycles. The van der Waals surface area contributed by atoms with Gasteiger partial charge in [-0.15, -0.1) is 0 Å². The summed E-state index contributed by atoms with van der Waals surface area (Å²) in [5, 5.41) is 0. The third-order valence-corrected chi connectivity index (χ3v) is 7.44. The van der Waals surface area contributed by atoms with E-state index in [4.69, 9.17) is 4.74 Å². The lowest BCUT2D eigenvalue weighted by atomic mass is 10.1. The van der Waals surface area contributed by atoms with Crippen LogP contribution in [0.2, 0.25) is 0 Å². The average Bonchev–Trinajstić information content (AvgIpc) is 3.21. The first-order chi connectivity index (χ1) is 13.5. The number of benzene rings is 2. The monoisotopic (exact) mass is 400 g/mol. The summed E-state index contributed by atoms with van der Waals surface area (Å²) in [7, 11) is -1.97. The number of amides is 1. The Hall–Kier alpha value is -2.38. The van der Waals surface area contributed by atoms with E-state index >= 15 is 0 Å². The molecule has 2 aliphatic rings. The maximum atomic E-state index is 13.0. The average molecular weight is 401 g/mol. The minimum atomic E-state index is -3.53. The van der Waals surface area contributed by atoms with Crippen molar-refractivity contribution < 1.29 is 17.9 Å². The number of carbonyl (C=O) groups excluding carboxylic acids is 1. The van der Waals surface area contributed by atoms with Crippen molar-refractivity contribution in [2.24, 2.45) is 0 Å². The number of aryl methyl sites for hydroxylation is 2. The van der Waals surface area contributed by atoms with Crippen LogP contribution in [0.4, 0.5) is 0 Å². The van der Waals surface area contributed by atoms with Gasteiger partial charge in [0, 0.05) is 31.7 Å². The van der Waals surface area contributed by atoms with E-state index in [0.29, 0.717) is 42.4 Å². The molecule has 1 saturated heterocycles. The van der Waals surface area contributed by atoms with E-state index in [1.54, 1.807) is 42.3 Å². The number of rotatable bonds is 4. The number of piperazine rings is 1. The van der Waals surface area contributed by atoms with Crippen LogP contribution in [0.3, 0.4) is 0 Å². The van der Waals surface area contributed by atoms with Crippen LogP contribution in [-0.4, -0.2) is 56.8 Å². The molecule has 2 aromatic carbocycles. The number of sulfonamides is 1. The summed E-state index contributed by atoms with van der Waals surface area (Å²) in [5.41, 5.74) is 2.95. The molecule has 0 saturated carbocycles. The van der Waals surface area contributed by atoms with Gasteiger partial charge in [0.15, 0.2) is 0 Å². The van der Waals surface area contributed by atoms with Crippen LogP contribution in [0.25, 0.3) is 0 Å². The molecule has 1 aliphatic carbocycles. The van der Waals surface area contributed by atoms with Gasteiger partial charge in [0.1, 0.15) is 5.75 Å². The summed E-state index contributed by atoms with van der Waals surface area (Å²) in [5.74, 6) is 0.525. The van der Waals surface area contributed by atoms with Crippen LogP contribution in [0.15, 0.2) is 47.4 Å². The molecule has 4 rings (SSSR count). The fraction of sp³-hybridized carbons (Fsp3) is 0.381. The number of methoxy groups -OCH3 is 1. The second-order valence-electron chi connectivity index (χ2n) is 7.21. The molecule has 2 aromatic rings. The molecule has 0 spiro atoms. The van der Waals surface area contributed by atoms with E-state index in [1.165, 1.54) is 9.87 Å². The SMILES string of the molecule is COc1cccc(C(=O)N2CCN(S(=O)(=O)c3ccc4c(c3)CCC4)CC2)c1. The number of ether oxygens (including phenoxy) is 1. The zero-order valence-electron chi connectivity index (χ0n) is 15.9. The molecule has 0 radical (unpaired) electrons. The highest BCUT2D eigenvalue weighted by molar-refractivity contribution is 7.89. The molecule has 0 unspecified atom stereocenters. The lowest BCUT2D eigenvalue weighted by Crippen LogP contribution is -2.50. The fourth-order valence-corrected chi connectivity index (χ4v) is 5.40. The Morgan fingerprint density at radius 2 is 1.71 bits per heavy atom. The summed E-state index contributed by atoms with van der Waals surface area (Å²) >= 11 is 0. The summed E-state index contributed by atoms with van der Waals surface area (Å²) in [6.07, 6.45) is 3.06. The van der Waals surface area contributed by atoms with Crippen molar-refractivity contribution in [2.45, 2.75) is 24.2 Å². The minimum Gasteiger partial charge on any atom is -0.497 e. The van der Waals surface area contributed by atoms with Crippen LogP contribution in [0.5, 0.6) is 5.75 Å². The molecule has 0 atom stereocenters.